The Labute approximate surface area is 191 Å². The number of alkyl halides is 1. The molecule has 29 heavy (non-hydrogen) atoms. The lowest BCUT2D eigenvalue weighted by Crippen LogP contribution is -2.42. The molecule has 1 aromatic rings. The molecule has 1 fully saturated rings. The Hall–Kier alpha value is -0.0431. The van der Waals surface area contributed by atoms with Crippen LogP contribution in [-0.4, -0.2) is 30.3 Å². The third-order valence-electron chi connectivity index (χ3n) is 7.00. The minimum atomic E-state index is -1.68. The maximum atomic E-state index is 7.12. The van der Waals surface area contributed by atoms with Crippen molar-refractivity contribution in [2.75, 3.05) is 17.5 Å². The van der Waals surface area contributed by atoms with Crippen molar-refractivity contribution in [3.63, 3.8) is 0 Å². The molecule has 0 saturated heterocycles. The summed E-state index contributed by atoms with van der Waals surface area (Å²) in [5.41, 5.74) is 4.92. The molecule has 4 heteroatoms. The molecule has 1 saturated carbocycles. The van der Waals surface area contributed by atoms with Crippen LogP contribution in [0, 0.1) is 18.3 Å². The standard InChI is InChI=1S/C25H44INOSi/c1-8-29(9-2,10-3)28-23(19-27-18-21-16-25(5,6)17-21)24-20(4)12-11-13-22(24)14-15-26-7/h11-13,21,23,27H,7-10,14-19H2,1-6H3/q-1. The van der Waals surface area contributed by atoms with Crippen molar-refractivity contribution in [3.8, 4) is 0 Å². The summed E-state index contributed by atoms with van der Waals surface area (Å²) >= 11 is 0.0795. The van der Waals surface area contributed by atoms with E-state index in [2.05, 4.69) is 69.6 Å². The van der Waals surface area contributed by atoms with E-state index >= 15 is 0 Å². The molecule has 1 aliphatic rings. The Balaban J connectivity index is 2.21. The first kappa shape index (κ1) is 25.2. The molecule has 2 rings (SSSR count). The van der Waals surface area contributed by atoms with Gasteiger partial charge >= 0.3 is 0 Å². The van der Waals surface area contributed by atoms with Gasteiger partial charge in [0, 0.05) is 6.54 Å². The van der Waals surface area contributed by atoms with Gasteiger partial charge in [-0.2, -0.15) is 0 Å². The van der Waals surface area contributed by atoms with Crippen molar-refractivity contribution in [1.29, 1.82) is 0 Å². The van der Waals surface area contributed by atoms with E-state index in [1.54, 1.807) is 0 Å². The Morgan fingerprint density at radius 2 is 1.86 bits per heavy atom. The molecule has 1 atom stereocenters. The predicted molar refractivity (Wildman–Crippen MR) is 141 cm³/mol. The highest BCUT2D eigenvalue weighted by atomic mass is 127. The molecule has 1 unspecified atom stereocenters. The molecule has 0 aliphatic heterocycles. The van der Waals surface area contributed by atoms with E-state index < -0.39 is 8.32 Å². The fourth-order valence-electron chi connectivity index (χ4n) is 5.16. The van der Waals surface area contributed by atoms with Gasteiger partial charge in [0.1, 0.15) is 0 Å². The van der Waals surface area contributed by atoms with Gasteiger partial charge in [0.15, 0.2) is 0 Å². The first-order valence-electron chi connectivity index (χ1n) is 11.6. The zero-order chi connectivity index (χ0) is 21.5. The molecular formula is C25H44INOSi-. The number of nitrogens with one attached hydrogen (secondary N) is 1. The topological polar surface area (TPSA) is 21.3 Å². The maximum absolute atomic E-state index is 7.12. The summed E-state index contributed by atoms with van der Waals surface area (Å²) in [6.45, 7) is 16.2. The summed E-state index contributed by atoms with van der Waals surface area (Å²) in [5.74, 6) is 0.837. The van der Waals surface area contributed by atoms with Crippen molar-refractivity contribution < 1.29 is 4.43 Å². The highest BCUT2D eigenvalue weighted by molar-refractivity contribution is 14.2. The van der Waals surface area contributed by atoms with Crippen LogP contribution in [-0.2, 0) is 10.8 Å². The first-order chi connectivity index (χ1) is 13.8. The Kier molecular flexibility index (Phi) is 10.0. The molecule has 0 radical (unpaired) electrons. The van der Waals surface area contributed by atoms with Crippen LogP contribution in [0.2, 0.25) is 18.1 Å². The van der Waals surface area contributed by atoms with Crippen LogP contribution in [0.4, 0.5) is 0 Å². The van der Waals surface area contributed by atoms with Crippen LogP contribution in [0.1, 0.15) is 70.3 Å². The zero-order valence-corrected chi connectivity index (χ0v) is 22.9. The van der Waals surface area contributed by atoms with Crippen molar-refractivity contribution in [2.24, 2.45) is 11.3 Å². The van der Waals surface area contributed by atoms with E-state index in [1.165, 1.54) is 52.1 Å². The van der Waals surface area contributed by atoms with Gasteiger partial charge in [-0.3, -0.25) is 0 Å². The molecule has 0 heterocycles. The van der Waals surface area contributed by atoms with Crippen LogP contribution < -0.4 is 5.32 Å². The average Bonchev–Trinajstić information content (AvgIpc) is 2.68. The fraction of sp³-hybridized carbons (Fsp3) is 0.720. The van der Waals surface area contributed by atoms with Gasteiger partial charge in [0.2, 0.25) is 0 Å². The average molecular weight is 530 g/mol. The van der Waals surface area contributed by atoms with E-state index in [4.69, 9.17) is 4.43 Å². The molecule has 1 aromatic carbocycles. The lowest BCUT2D eigenvalue weighted by Gasteiger charge is -2.46. The monoisotopic (exact) mass is 529 g/mol. The van der Waals surface area contributed by atoms with Crippen LogP contribution in [0.3, 0.4) is 0 Å². The van der Waals surface area contributed by atoms with Crippen LogP contribution >= 0.6 is 20.7 Å². The third kappa shape index (κ3) is 6.98. The number of halogens is 1. The van der Waals surface area contributed by atoms with Crippen molar-refractivity contribution in [2.45, 2.75) is 85.0 Å². The molecular weight excluding hydrogens is 485 g/mol. The van der Waals surface area contributed by atoms with Crippen molar-refractivity contribution >= 4 is 33.6 Å². The van der Waals surface area contributed by atoms with Crippen molar-refractivity contribution in [1.82, 2.24) is 5.32 Å². The second kappa shape index (κ2) is 11.5. The van der Waals surface area contributed by atoms with E-state index in [-0.39, 0.29) is 26.8 Å². The van der Waals surface area contributed by atoms with E-state index in [1.807, 2.05) is 0 Å². The van der Waals surface area contributed by atoms with E-state index in [9.17, 15) is 0 Å². The quantitative estimate of drug-likeness (QED) is 0.168. The zero-order valence-electron chi connectivity index (χ0n) is 19.7. The van der Waals surface area contributed by atoms with E-state index in [0.717, 1.165) is 25.4 Å². The Morgan fingerprint density at radius 3 is 2.41 bits per heavy atom. The third-order valence-corrected chi connectivity index (χ3v) is 13.0. The second-order valence-corrected chi connectivity index (χ2v) is 16.6. The van der Waals surface area contributed by atoms with Gasteiger partial charge in [0.05, 0.1) is 6.10 Å². The van der Waals surface area contributed by atoms with Crippen molar-refractivity contribution in [3.05, 3.63) is 34.9 Å². The normalized spacial score (nSPS) is 17.9. The number of aryl methyl sites for hydroxylation is 2. The Bertz CT molecular complexity index is 640. The lowest BCUT2D eigenvalue weighted by molar-refractivity contribution is 0.0914. The number of hydrogen-bond donors (Lipinski definition) is 1. The smallest absolute Gasteiger partial charge is 0.0549 e. The summed E-state index contributed by atoms with van der Waals surface area (Å²) in [7, 11) is -1.68. The number of benzene rings is 1. The highest BCUT2D eigenvalue weighted by Crippen LogP contribution is 2.44. The fourth-order valence-corrected chi connectivity index (χ4v) is 8.93. The van der Waals surface area contributed by atoms with Crippen LogP contribution in [0.25, 0.3) is 0 Å². The second-order valence-electron chi connectivity index (χ2n) is 9.72. The van der Waals surface area contributed by atoms with E-state index in [0.29, 0.717) is 5.41 Å². The minimum Gasteiger partial charge on any atom is -0.558 e. The van der Waals surface area contributed by atoms with Gasteiger partial charge in [-0.05, 0) is 73.5 Å². The number of hydrogen-bond acceptors (Lipinski definition) is 2. The SMILES string of the molecule is C=ICCc1cccc(C)c1C(CNCC1CC(C)(C)C1)O[Si-](CC)(CC)CC. The van der Waals surface area contributed by atoms with Gasteiger partial charge in [-0.1, -0.05) is 57.3 Å². The molecule has 0 amide bonds. The lowest BCUT2D eigenvalue weighted by atomic mass is 9.64. The van der Waals surface area contributed by atoms with Gasteiger partial charge < -0.3 is 9.74 Å². The van der Waals surface area contributed by atoms with Gasteiger partial charge in [-0.25, -0.2) is 0 Å². The summed E-state index contributed by atoms with van der Waals surface area (Å²) in [6.07, 6.45) is 4.05. The maximum Gasteiger partial charge on any atom is 0.0549 e. The van der Waals surface area contributed by atoms with Gasteiger partial charge in [-0.15, -0.1) is 38.9 Å². The Morgan fingerprint density at radius 1 is 1.21 bits per heavy atom. The number of rotatable bonds is 13. The summed E-state index contributed by atoms with van der Waals surface area (Å²) in [6, 6.07) is 10.5. The molecule has 167 valence electrons. The summed E-state index contributed by atoms with van der Waals surface area (Å²) < 4.78 is 12.5. The van der Waals surface area contributed by atoms with Crippen LogP contribution in [0.15, 0.2) is 18.2 Å². The molecule has 0 aromatic heterocycles. The largest absolute Gasteiger partial charge is 0.558 e. The molecule has 2 nitrogen and oxygen atoms in total. The molecule has 1 N–H and O–H groups in total. The molecule has 1 aliphatic carbocycles. The predicted octanol–water partition coefficient (Wildman–Crippen LogP) is 7.03. The first-order valence-corrected chi connectivity index (χ1v) is 17.2. The minimum absolute atomic E-state index is 0.0795. The molecule has 0 bridgehead atoms. The van der Waals surface area contributed by atoms with Crippen LogP contribution in [0.5, 0.6) is 0 Å². The summed E-state index contributed by atoms with van der Waals surface area (Å²) in [4.78, 5) is 0. The highest BCUT2D eigenvalue weighted by Gasteiger charge is 2.35. The summed E-state index contributed by atoms with van der Waals surface area (Å²) in [5, 5.41) is 3.82. The van der Waals surface area contributed by atoms with Gasteiger partial charge in [0.25, 0.3) is 0 Å². The molecule has 0 spiro atoms.